The molecule has 1 aromatic carbocycles. The lowest BCUT2D eigenvalue weighted by molar-refractivity contribution is 0.812. The van der Waals surface area contributed by atoms with Gasteiger partial charge in [-0.15, -0.1) is 10.2 Å². The topological polar surface area (TPSA) is 42.7 Å². The van der Waals surface area contributed by atoms with Gasteiger partial charge in [0.25, 0.3) is 0 Å². The van der Waals surface area contributed by atoms with Gasteiger partial charge in [0.1, 0.15) is 6.33 Å². The Labute approximate surface area is 101 Å². The van der Waals surface area contributed by atoms with Crippen molar-refractivity contribution in [3.8, 4) is 0 Å². The lowest BCUT2D eigenvalue weighted by atomic mass is 10.1. The molecule has 0 amide bonds. The molecule has 0 saturated heterocycles. The predicted octanol–water partition coefficient (Wildman–Crippen LogP) is 1.92. The minimum absolute atomic E-state index is 0.718. The Balaban J connectivity index is 1.72. The van der Waals surface area contributed by atoms with Crippen LogP contribution in [0.2, 0.25) is 0 Å². The highest BCUT2D eigenvalue weighted by Gasteiger charge is 2.10. The van der Waals surface area contributed by atoms with Crippen molar-refractivity contribution in [2.24, 2.45) is 7.05 Å². The average Bonchev–Trinajstić information content (AvgIpc) is 2.94. The highest BCUT2D eigenvalue weighted by molar-refractivity contribution is 5.50. The predicted molar refractivity (Wildman–Crippen MR) is 66.8 cm³/mol. The van der Waals surface area contributed by atoms with E-state index >= 15 is 0 Å². The minimum atomic E-state index is 0.718. The summed E-state index contributed by atoms with van der Waals surface area (Å²) in [7, 11) is 1.96. The van der Waals surface area contributed by atoms with Crippen LogP contribution in [0, 0.1) is 0 Å². The second-order valence-electron chi connectivity index (χ2n) is 4.55. The third kappa shape index (κ3) is 2.02. The summed E-state index contributed by atoms with van der Waals surface area (Å²) in [5.41, 5.74) is 4.18. The van der Waals surface area contributed by atoms with Crippen molar-refractivity contribution >= 4 is 5.69 Å². The van der Waals surface area contributed by atoms with Crippen LogP contribution in [0.4, 0.5) is 5.69 Å². The van der Waals surface area contributed by atoms with Crippen molar-refractivity contribution in [1.82, 2.24) is 14.8 Å². The molecule has 0 atom stereocenters. The molecule has 1 aliphatic rings. The molecule has 2 aromatic rings. The molecule has 0 bridgehead atoms. The second kappa shape index (κ2) is 4.20. The maximum atomic E-state index is 4.05. The van der Waals surface area contributed by atoms with Gasteiger partial charge in [-0.3, -0.25) is 0 Å². The van der Waals surface area contributed by atoms with Crippen LogP contribution in [0.5, 0.6) is 0 Å². The highest BCUT2D eigenvalue weighted by atomic mass is 15.3. The normalized spacial score (nSPS) is 13.7. The standard InChI is InChI=1S/C13H16N4/c1-17-9-15-16-13(17)8-14-12-6-5-10-3-2-4-11(10)7-12/h5-7,9,14H,2-4,8H2,1H3. The molecule has 88 valence electrons. The van der Waals surface area contributed by atoms with Crippen molar-refractivity contribution in [1.29, 1.82) is 0 Å². The van der Waals surface area contributed by atoms with Gasteiger partial charge in [0.15, 0.2) is 5.82 Å². The molecule has 0 fully saturated rings. The lowest BCUT2D eigenvalue weighted by Crippen LogP contribution is -2.05. The summed E-state index contributed by atoms with van der Waals surface area (Å²) in [6.45, 7) is 0.718. The summed E-state index contributed by atoms with van der Waals surface area (Å²) in [5, 5.41) is 11.3. The Bertz CT molecular complexity index is 530. The van der Waals surface area contributed by atoms with Crippen LogP contribution in [-0.4, -0.2) is 14.8 Å². The molecule has 3 rings (SSSR count). The number of nitrogens with zero attached hydrogens (tertiary/aromatic N) is 3. The van der Waals surface area contributed by atoms with Crippen LogP contribution >= 0.6 is 0 Å². The number of hydrogen-bond donors (Lipinski definition) is 1. The molecule has 0 unspecified atom stereocenters. The molecule has 17 heavy (non-hydrogen) atoms. The number of aromatic nitrogens is 3. The minimum Gasteiger partial charge on any atom is -0.378 e. The number of aryl methyl sites for hydroxylation is 3. The Morgan fingerprint density at radius 1 is 1.29 bits per heavy atom. The molecule has 4 nitrogen and oxygen atoms in total. The van der Waals surface area contributed by atoms with Crippen molar-refractivity contribution in [3.63, 3.8) is 0 Å². The molecule has 1 aromatic heterocycles. The molecule has 0 radical (unpaired) electrons. The van der Waals surface area contributed by atoms with E-state index in [2.05, 4.69) is 33.7 Å². The third-order valence-corrected chi connectivity index (χ3v) is 3.35. The summed E-state index contributed by atoms with van der Waals surface area (Å²) in [6, 6.07) is 6.65. The number of rotatable bonds is 3. The van der Waals surface area contributed by atoms with Gasteiger partial charge in [0, 0.05) is 12.7 Å². The van der Waals surface area contributed by atoms with E-state index in [9.17, 15) is 0 Å². The van der Waals surface area contributed by atoms with Crippen molar-refractivity contribution in [2.45, 2.75) is 25.8 Å². The Hall–Kier alpha value is -1.84. The van der Waals surface area contributed by atoms with E-state index in [1.807, 2.05) is 11.6 Å². The fourth-order valence-electron chi connectivity index (χ4n) is 2.33. The molecule has 4 heteroatoms. The van der Waals surface area contributed by atoms with Crippen LogP contribution in [0.1, 0.15) is 23.4 Å². The van der Waals surface area contributed by atoms with Gasteiger partial charge < -0.3 is 9.88 Å². The summed E-state index contributed by atoms with van der Waals surface area (Å²) in [4.78, 5) is 0. The van der Waals surface area contributed by atoms with Gasteiger partial charge in [-0.2, -0.15) is 0 Å². The van der Waals surface area contributed by atoms with E-state index < -0.39 is 0 Å². The maximum Gasteiger partial charge on any atom is 0.151 e. The first kappa shape index (κ1) is 10.3. The molecule has 0 saturated carbocycles. The van der Waals surface area contributed by atoms with E-state index in [1.165, 1.54) is 36.1 Å². The van der Waals surface area contributed by atoms with E-state index in [4.69, 9.17) is 0 Å². The van der Waals surface area contributed by atoms with E-state index in [0.29, 0.717) is 0 Å². The summed E-state index contributed by atoms with van der Waals surface area (Å²) in [6.07, 6.45) is 5.47. The lowest BCUT2D eigenvalue weighted by Gasteiger charge is -2.07. The second-order valence-corrected chi connectivity index (χ2v) is 4.55. The van der Waals surface area contributed by atoms with E-state index in [-0.39, 0.29) is 0 Å². The SMILES string of the molecule is Cn1cnnc1CNc1ccc2c(c1)CCC2. The van der Waals surface area contributed by atoms with Crippen LogP contribution in [0.3, 0.4) is 0 Å². The Kier molecular flexibility index (Phi) is 2.55. The smallest absolute Gasteiger partial charge is 0.151 e. The van der Waals surface area contributed by atoms with Crippen LogP contribution in [0.25, 0.3) is 0 Å². The highest BCUT2D eigenvalue weighted by Crippen LogP contribution is 2.24. The van der Waals surface area contributed by atoms with Crippen LogP contribution < -0.4 is 5.32 Å². The average molecular weight is 228 g/mol. The number of anilines is 1. The molecule has 1 heterocycles. The third-order valence-electron chi connectivity index (χ3n) is 3.35. The Morgan fingerprint density at radius 3 is 3.00 bits per heavy atom. The molecule has 1 aliphatic carbocycles. The molecular formula is C13H16N4. The molecule has 0 spiro atoms. The zero-order valence-corrected chi connectivity index (χ0v) is 9.98. The molecule has 0 aliphatic heterocycles. The first-order valence-corrected chi connectivity index (χ1v) is 6.01. The first-order chi connectivity index (χ1) is 8.33. The van der Waals surface area contributed by atoms with Crippen molar-refractivity contribution in [2.75, 3.05) is 5.32 Å². The van der Waals surface area contributed by atoms with E-state index in [1.54, 1.807) is 6.33 Å². The Morgan fingerprint density at radius 2 is 2.18 bits per heavy atom. The number of hydrogen-bond acceptors (Lipinski definition) is 3. The monoisotopic (exact) mass is 228 g/mol. The van der Waals surface area contributed by atoms with Gasteiger partial charge in [-0.1, -0.05) is 6.07 Å². The van der Waals surface area contributed by atoms with E-state index in [0.717, 1.165) is 12.4 Å². The zero-order chi connectivity index (χ0) is 11.7. The number of benzene rings is 1. The summed E-state index contributed by atoms with van der Waals surface area (Å²) < 4.78 is 1.93. The molecular weight excluding hydrogens is 212 g/mol. The zero-order valence-electron chi connectivity index (χ0n) is 9.98. The van der Waals surface area contributed by atoms with Crippen molar-refractivity contribution < 1.29 is 0 Å². The van der Waals surface area contributed by atoms with Gasteiger partial charge in [0.2, 0.25) is 0 Å². The van der Waals surface area contributed by atoms with Gasteiger partial charge in [-0.25, -0.2) is 0 Å². The van der Waals surface area contributed by atoms with Gasteiger partial charge in [0.05, 0.1) is 6.54 Å². The maximum absolute atomic E-state index is 4.05. The number of nitrogens with one attached hydrogen (secondary N) is 1. The quantitative estimate of drug-likeness (QED) is 0.872. The first-order valence-electron chi connectivity index (χ1n) is 6.01. The fourth-order valence-corrected chi connectivity index (χ4v) is 2.33. The van der Waals surface area contributed by atoms with Crippen LogP contribution in [0.15, 0.2) is 24.5 Å². The molecule has 1 N–H and O–H groups in total. The fraction of sp³-hybridized carbons (Fsp3) is 0.385. The van der Waals surface area contributed by atoms with Gasteiger partial charge in [-0.05, 0) is 42.5 Å². The number of fused-ring (bicyclic) bond motifs is 1. The van der Waals surface area contributed by atoms with Crippen molar-refractivity contribution in [3.05, 3.63) is 41.5 Å². The summed E-state index contributed by atoms with van der Waals surface area (Å²) in [5.74, 6) is 0.950. The van der Waals surface area contributed by atoms with Gasteiger partial charge >= 0.3 is 0 Å². The largest absolute Gasteiger partial charge is 0.378 e. The van der Waals surface area contributed by atoms with Crippen LogP contribution in [-0.2, 0) is 26.4 Å². The summed E-state index contributed by atoms with van der Waals surface area (Å²) >= 11 is 0.